The summed E-state index contributed by atoms with van der Waals surface area (Å²) in [6.07, 6.45) is 2.29. The largest absolute Gasteiger partial charge is 0.292 e. The number of benzene rings is 3. The van der Waals surface area contributed by atoms with Crippen molar-refractivity contribution in [1.82, 2.24) is 9.55 Å². The van der Waals surface area contributed by atoms with Crippen molar-refractivity contribution in [1.29, 1.82) is 0 Å². The van der Waals surface area contributed by atoms with Crippen molar-refractivity contribution in [2.45, 2.75) is 19.9 Å². The van der Waals surface area contributed by atoms with Crippen LogP contribution in [-0.2, 0) is 13.0 Å². The van der Waals surface area contributed by atoms with Crippen molar-refractivity contribution in [2.75, 3.05) is 0 Å². The van der Waals surface area contributed by atoms with E-state index in [1.54, 1.807) is 0 Å². The molecule has 2 heterocycles. The molecule has 168 valence electrons. The van der Waals surface area contributed by atoms with Crippen LogP contribution in [0.2, 0.25) is 0 Å². The molecule has 0 radical (unpaired) electrons. The molecule has 0 atom stereocenters. The SMILES string of the molecule is CCc1sc2ncn(CC(=O)c3ccc(-c4ccccc4)cc3)c(=O)c2c1-c1ccc(Br)cc1. The molecular formula is C28H21BrN2O2S. The van der Waals surface area contributed by atoms with Gasteiger partial charge in [-0.25, -0.2) is 4.98 Å². The van der Waals surface area contributed by atoms with Crippen LogP contribution < -0.4 is 5.56 Å². The molecule has 0 spiro atoms. The first kappa shape index (κ1) is 22.4. The molecule has 5 rings (SSSR count). The Balaban J connectivity index is 1.49. The van der Waals surface area contributed by atoms with Crippen LogP contribution in [0.15, 0.2) is 94.5 Å². The molecule has 6 heteroatoms. The Labute approximate surface area is 209 Å². The molecule has 3 aromatic carbocycles. The zero-order valence-corrected chi connectivity index (χ0v) is 20.9. The minimum atomic E-state index is -0.187. The number of carbonyl (C=O) groups is 1. The van der Waals surface area contributed by atoms with Crippen LogP contribution in [-0.4, -0.2) is 15.3 Å². The molecule has 0 aliphatic heterocycles. The highest BCUT2D eigenvalue weighted by atomic mass is 79.9. The number of hydrogen-bond acceptors (Lipinski definition) is 4. The van der Waals surface area contributed by atoms with Gasteiger partial charge >= 0.3 is 0 Å². The van der Waals surface area contributed by atoms with Gasteiger partial charge in [0.15, 0.2) is 5.78 Å². The van der Waals surface area contributed by atoms with E-state index < -0.39 is 0 Å². The Morgan fingerprint density at radius 2 is 1.56 bits per heavy atom. The quantitative estimate of drug-likeness (QED) is 0.223. The maximum absolute atomic E-state index is 13.5. The lowest BCUT2D eigenvalue weighted by Crippen LogP contribution is -2.24. The summed E-state index contributed by atoms with van der Waals surface area (Å²) in [6, 6.07) is 25.5. The predicted octanol–water partition coefficient (Wildman–Crippen LogP) is 7.00. The Hall–Kier alpha value is -3.35. The molecule has 0 saturated carbocycles. The predicted molar refractivity (Wildman–Crippen MR) is 143 cm³/mol. The minimum Gasteiger partial charge on any atom is -0.292 e. The van der Waals surface area contributed by atoms with Crippen LogP contribution in [0.1, 0.15) is 22.2 Å². The van der Waals surface area contributed by atoms with Crippen LogP contribution in [0.3, 0.4) is 0 Å². The number of aryl methyl sites for hydroxylation is 1. The van der Waals surface area contributed by atoms with Crippen LogP contribution in [0.4, 0.5) is 0 Å². The lowest BCUT2D eigenvalue weighted by molar-refractivity contribution is 0.0970. The van der Waals surface area contributed by atoms with Crippen molar-refractivity contribution >= 4 is 43.3 Å². The fourth-order valence-corrected chi connectivity index (χ4v) is 5.44. The fourth-order valence-electron chi connectivity index (χ4n) is 4.08. The second-order valence-corrected chi connectivity index (χ2v) is 9.98. The van der Waals surface area contributed by atoms with E-state index in [1.165, 1.54) is 22.2 Å². The lowest BCUT2D eigenvalue weighted by atomic mass is 10.0. The van der Waals surface area contributed by atoms with Gasteiger partial charge < -0.3 is 0 Å². The molecule has 34 heavy (non-hydrogen) atoms. The lowest BCUT2D eigenvalue weighted by Gasteiger charge is -2.08. The molecule has 0 aliphatic carbocycles. The molecule has 0 saturated heterocycles. The summed E-state index contributed by atoms with van der Waals surface area (Å²) in [5.74, 6) is -0.126. The number of aromatic nitrogens is 2. The van der Waals surface area contributed by atoms with Crippen LogP contribution in [0.25, 0.3) is 32.5 Å². The van der Waals surface area contributed by atoms with Crippen molar-refractivity contribution in [3.05, 3.63) is 110 Å². The zero-order chi connectivity index (χ0) is 23.7. The third-order valence-electron chi connectivity index (χ3n) is 5.83. The number of nitrogens with zero attached hydrogens (tertiary/aromatic N) is 2. The van der Waals surface area contributed by atoms with Crippen LogP contribution in [0, 0.1) is 0 Å². The number of hydrogen-bond donors (Lipinski definition) is 0. The Bertz CT molecular complexity index is 1540. The number of halogens is 1. The Morgan fingerprint density at radius 3 is 2.24 bits per heavy atom. The van der Waals surface area contributed by atoms with Crippen LogP contribution in [0.5, 0.6) is 0 Å². The molecule has 0 bridgehead atoms. The number of ketones is 1. The van der Waals surface area contributed by atoms with Gasteiger partial charge in [0.2, 0.25) is 0 Å². The summed E-state index contributed by atoms with van der Waals surface area (Å²) >= 11 is 5.01. The average molecular weight is 529 g/mol. The molecular weight excluding hydrogens is 508 g/mol. The van der Waals surface area contributed by atoms with Crippen LogP contribution >= 0.6 is 27.3 Å². The molecule has 0 N–H and O–H groups in total. The van der Waals surface area contributed by atoms with Gasteiger partial charge in [0, 0.05) is 20.5 Å². The monoisotopic (exact) mass is 528 g/mol. The van der Waals surface area contributed by atoms with E-state index in [-0.39, 0.29) is 17.9 Å². The van der Waals surface area contributed by atoms with E-state index >= 15 is 0 Å². The molecule has 0 amide bonds. The summed E-state index contributed by atoms with van der Waals surface area (Å²) in [6.45, 7) is 2.03. The Kier molecular flexibility index (Phi) is 6.26. The summed E-state index contributed by atoms with van der Waals surface area (Å²) in [5.41, 5.74) is 4.42. The smallest absolute Gasteiger partial charge is 0.263 e. The van der Waals surface area contributed by atoms with Gasteiger partial charge in [0.25, 0.3) is 5.56 Å². The van der Waals surface area contributed by atoms with E-state index in [2.05, 4.69) is 27.8 Å². The van der Waals surface area contributed by atoms with E-state index in [9.17, 15) is 9.59 Å². The first-order valence-electron chi connectivity index (χ1n) is 11.0. The van der Waals surface area contributed by atoms with Gasteiger partial charge in [-0.3, -0.25) is 14.2 Å². The van der Waals surface area contributed by atoms with E-state index in [0.717, 1.165) is 38.0 Å². The highest BCUT2D eigenvalue weighted by molar-refractivity contribution is 9.10. The first-order valence-corrected chi connectivity index (χ1v) is 12.6. The van der Waals surface area contributed by atoms with Gasteiger partial charge in [-0.1, -0.05) is 89.6 Å². The van der Waals surface area contributed by atoms with Crippen molar-refractivity contribution in [3.8, 4) is 22.3 Å². The maximum atomic E-state index is 13.5. The standard InChI is InChI=1S/C28H21BrN2O2S/c1-2-24-25(21-12-14-22(29)15-13-21)26-27(34-24)30-17-31(28(26)33)16-23(32)20-10-8-19(9-11-20)18-6-4-3-5-7-18/h3-15,17H,2,16H2,1H3. The van der Waals surface area contributed by atoms with E-state index in [0.29, 0.717) is 15.8 Å². The molecule has 0 fully saturated rings. The summed E-state index contributed by atoms with van der Waals surface area (Å²) in [7, 11) is 0. The normalized spacial score (nSPS) is 11.1. The average Bonchev–Trinajstić information content (AvgIpc) is 3.26. The van der Waals surface area contributed by atoms with Gasteiger partial charge in [0.1, 0.15) is 4.83 Å². The van der Waals surface area contributed by atoms with Gasteiger partial charge in [-0.05, 0) is 35.2 Å². The molecule has 2 aromatic heterocycles. The highest BCUT2D eigenvalue weighted by Crippen LogP contribution is 2.36. The van der Waals surface area contributed by atoms with Crippen molar-refractivity contribution in [2.24, 2.45) is 0 Å². The topological polar surface area (TPSA) is 52.0 Å². The molecule has 4 nitrogen and oxygen atoms in total. The number of fused-ring (bicyclic) bond motifs is 1. The zero-order valence-electron chi connectivity index (χ0n) is 18.5. The minimum absolute atomic E-state index is 0.0520. The summed E-state index contributed by atoms with van der Waals surface area (Å²) < 4.78 is 2.40. The molecule has 0 unspecified atom stereocenters. The number of carbonyl (C=O) groups excluding carboxylic acids is 1. The fraction of sp³-hybridized carbons (Fsp3) is 0.107. The third kappa shape index (κ3) is 4.27. The molecule has 5 aromatic rings. The third-order valence-corrected chi connectivity index (χ3v) is 7.60. The Morgan fingerprint density at radius 1 is 0.912 bits per heavy atom. The van der Waals surface area contributed by atoms with Crippen molar-refractivity contribution < 1.29 is 4.79 Å². The first-order chi connectivity index (χ1) is 16.5. The van der Waals surface area contributed by atoms with E-state index in [4.69, 9.17) is 0 Å². The second-order valence-electron chi connectivity index (χ2n) is 7.99. The van der Waals surface area contributed by atoms with Crippen molar-refractivity contribution in [3.63, 3.8) is 0 Å². The molecule has 0 aliphatic rings. The number of thiophene rings is 1. The van der Waals surface area contributed by atoms with Gasteiger partial charge in [0.05, 0.1) is 18.3 Å². The number of Topliss-reactive ketones (excluding diaryl/α,β-unsaturated/α-hetero) is 1. The van der Waals surface area contributed by atoms with Gasteiger partial charge in [-0.2, -0.15) is 0 Å². The van der Waals surface area contributed by atoms with E-state index in [1.807, 2.05) is 78.9 Å². The summed E-state index contributed by atoms with van der Waals surface area (Å²) in [5, 5.41) is 0.582. The maximum Gasteiger partial charge on any atom is 0.263 e. The van der Waals surface area contributed by atoms with Gasteiger partial charge in [-0.15, -0.1) is 11.3 Å². The summed E-state index contributed by atoms with van der Waals surface area (Å²) in [4.78, 5) is 32.9. The highest BCUT2D eigenvalue weighted by Gasteiger charge is 2.19. The second kappa shape index (κ2) is 9.49. The number of rotatable bonds is 6.